The molecule has 1 saturated heterocycles. The Balaban J connectivity index is 0.00000264. The van der Waals surface area contributed by atoms with Gasteiger partial charge in [0.1, 0.15) is 0 Å². The van der Waals surface area contributed by atoms with Gasteiger partial charge in [0.2, 0.25) is 5.91 Å². The summed E-state index contributed by atoms with van der Waals surface area (Å²) >= 11 is 3.46. The van der Waals surface area contributed by atoms with E-state index in [1.165, 1.54) is 5.69 Å². The van der Waals surface area contributed by atoms with Crippen molar-refractivity contribution in [3.05, 3.63) is 28.7 Å². The van der Waals surface area contributed by atoms with E-state index in [4.69, 9.17) is 5.73 Å². The predicted octanol–water partition coefficient (Wildman–Crippen LogP) is 3.90. The van der Waals surface area contributed by atoms with Crippen LogP contribution in [0.4, 0.5) is 5.69 Å². The number of amides is 1. The van der Waals surface area contributed by atoms with Crippen LogP contribution >= 0.6 is 40.7 Å². The van der Waals surface area contributed by atoms with E-state index in [0.29, 0.717) is 6.42 Å². The Kier molecular flexibility index (Phi) is 12.6. The summed E-state index contributed by atoms with van der Waals surface area (Å²) in [5.74, 6) is 0.190. The highest BCUT2D eigenvalue weighted by Gasteiger charge is 2.23. The molecule has 2 rings (SSSR count). The summed E-state index contributed by atoms with van der Waals surface area (Å²) in [4.78, 5) is 14.3. The molecule has 1 unspecified atom stereocenters. The number of unbranched alkanes of at least 4 members (excludes halogenated alkanes) is 3. The molecule has 1 aromatic carbocycles. The standard InChI is InChI=1S/C17H26BrN3O.2ClH/c18-14-6-8-16(9-7-14)21-12-10-15(13-21)20-17(22)5-3-1-2-4-11-19;;/h6-9,15H,1-5,10-13,19H2,(H,20,22);2*1H. The highest BCUT2D eigenvalue weighted by Crippen LogP contribution is 2.22. The molecular formula is C17H28BrCl2N3O. The number of rotatable bonds is 8. The van der Waals surface area contributed by atoms with Crippen LogP contribution in [0, 0.1) is 0 Å². The van der Waals surface area contributed by atoms with Crippen LogP contribution in [0.5, 0.6) is 0 Å². The molecular weight excluding hydrogens is 413 g/mol. The topological polar surface area (TPSA) is 58.4 Å². The van der Waals surface area contributed by atoms with E-state index in [0.717, 1.165) is 56.2 Å². The summed E-state index contributed by atoms with van der Waals surface area (Å²) in [6, 6.07) is 8.63. The molecule has 1 amide bonds. The summed E-state index contributed by atoms with van der Waals surface area (Å²) in [6.07, 6.45) is 5.92. The lowest BCUT2D eigenvalue weighted by atomic mass is 10.1. The molecule has 24 heavy (non-hydrogen) atoms. The van der Waals surface area contributed by atoms with Crippen molar-refractivity contribution in [3.8, 4) is 0 Å². The largest absolute Gasteiger partial charge is 0.369 e. The smallest absolute Gasteiger partial charge is 0.220 e. The number of anilines is 1. The monoisotopic (exact) mass is 439 g/mol. The van der Waals surface area contributed by atoms with E-state index in [9.17, 15) is 4.79 Å². The zero-order chi connectivity index (χ0) is 15.8. The minimum atomic E-state index is 0. The van der Waals surface area contributed by atoms with Gasteiger partial charge in [0, 0.05) is 35.7 Å². The van der Waals surface area contributed by atoms with Crippen LogP contribution in [0.1, 0.15) is 38.5 Å². The zero-order valence-corrected chi connectivity index (χ0v) is 17.1. The van der Waals surface area contributed by atoms with Crippen LogP contribution in [0.3, 0.4) is 0 Å². The van der Waals surface area contributed by atoms with E-state index < -0.39 is 0 Å². The van der Waals surface area contributed by atoms with Gasteiger partial charge in [-0.15, -0.1) is 24.8 Å². The molecule has 1 fully saturated rings. The third-order valence-corrected chi connectivity index (χ3v) is 4.63. The molecule has 0 aliphatic carbocycles. The van der Waals surface area contributed by atoms with Crippen LogP contribution in [0.2, 0.25) is 0 Å². The Bertz CT molecular complexity index is 473. The Morgan fingerprint density at radius 1 is 1.17 bits per heavy atom. The number of nitrogens with two attached hydrogens (primary N) is 1. The van der Waals surface area contributed by atoms with E-state index in [-0.39, 0.29) is 36.8 Å². The van der Waals surface area contributed by atoms with Crippen LogP contribution < -0.4 is 16.0 Å². The molecule has 7 heteroatoms. The molecule has 0 radical (unpaired) electrons. The number of nitrogens with zero attached hydrogens (tertiary/aromatic N) is 1. The van der Waals surface area contributed by atoms with Crippen LogP contribution in [0.25, 0.3) is 0 Å². The van der Waals surface area contributed by atoms with Gasteiger partial charge < -0.3 is 16.0 Å². The maximum Gasteiger partial charge on any atom is 0.220 e. The van der Waals surface area contributed by atoms with Crippen LogP contribution in [-0.2, 0) is 4.79 Å². The van der Waals surface area contributed by atoms with Crippen LogP contribution in [0.15, 0.2) is 28.7 Å². The van der Waals surface area contributed by atoms with Crippen LogP contribution in [-0.4, -0.2) is 31.6 Å². The summed E-state index contributed by atoms with van der Waals surface area (Å²) in [6.45, 7) is 2.66. The van der Waals surface area contributed by atoms with Gasteiger partial charge in [0.25, 0.3) is 0 Å². The molecule has 1 atom stereocenters. The van der Waals surface area contributed by atoms with Crippen molar-refractivity contribution in [2.75, 3.05) is 24.5 Å². The lowest BCUT2D eigenvalue weighted by Gasteiger charge is -2.19. The van der Waals surface area contributed by atoms with Gasteiger partial charge in [0.15, 0.2) is 0 Å². The first-order chi connectivity index (χ1) is 10.7. The molecule has 0 bridgehead atoms. The Hall–Kier alpha value is -0.490. The molecule has 0 saturated carbocycles. The van der Waals surface area contributed by atoms with E-state index in [1.54, 1.807) is 0 Å². The SMILES string of the molecule is Cl.Cl.NCCCCCCC(=O)NC1CCN(c2ccc(Br)cc2)C1. The van der Waals surface area contributed by atoms with E-state index in [1.807, 2.05) is 0 Å². The van der Waals surface area contributed by atoms with Crippen molar-refractivity contribution >= 4 is 52.3 Å². The Morgan fingerprint density at radius 3 is 2.50 bits per heavy atom. The third kappa shape index (κ3) is 8.06. The van der Waals surface area contributed by atoms with Gasteiger partial charge in [-0.05, 0) is 50.1 Å². The Morgan fingerprint density at radius 2 is 1.83 bits per heavy atom. The predicted molar refractivity (Wildman–Crippen MR) is 110 cm³/mol. The summed E-state index contributed by atoms with van der Waals surface area (Å²) in [5, 5.41) is 3.17. The van der Waals surface area contributed by atoms with Crippen molar-refractivity contribution in [3.63, 3.8) is 0 Å². The number of hydrogen-bond donors (Lipinski definition) is 2. The maximum atomic E-state index is 12.0. The molecule has 1 aliphatic heterocycles. The van der Waals surface area contributed by atoms with Gasteiger partial charge in [-0.25, -0.2) is 0 Å². The number of carbonyl (C=O) groups excluding carboxylic acids is 1. The highest BCUT2D eigenvalue weighted by atomic mass is 79.9. The number of carbonyl (C=O) groups is 1. The minimum absolute atomic E-state index is 0. The molecule has 0 spiro atoms. The summed E-state index contributed by atoms with van der Waals surface area (Å²) in [5.41, 5.74) is 6.69. The van der Waals surface area contributed by atoms with Gasteiger partial charge in [-0.2, -0.15) is 0 Å². The second-order valence-electron chi connectivity index (χ2n) is 5.93. The second kappa shape index (κ2) is 12.8. The molecule has 3 N–H and O–H groups in total. The molecule has 4 nitrogen and oxygen atoms in total. The first-order valence-electron chi connectivity index (χ1n) is 8.19. The molecule has 1 aliphatic rings. The average molecular weight is 441 g/mol. The van der Waals surface area contributed by atoms with Gasteiger partial charge in [0.05, 0.1) is 0 Å². The molecule has 138 valence electrons. The second-order valence-corrected chi connectivity index (χ2v) is 6.84. The van der Waals surface area contributed by atoms with Crippen molar-refractivity contribution in [2.45, 2.75) is 44.6 Å². The first kappa shape index (κ1) is 23.5. The number of benzene rings is 1. The summed E-state index contributed by atoms with van der Waals surface area (Å²) in [7, 11) is 0. The fraction of sp³-hybridized carbons (Fsp3) is 0.588. The molecule has 0 aromatic heterocycles. The highest BCUT2D eigenvalue weighted by molar-refractivity contribution is 9.10. The number of halogens is 3. The molecule has 1 aromatic rings. The number of hydrogen-bond acceptors (Lipinski definition) is 3. The van der Waals surface area contributed by atoms with Crippen molar-refractivity contribution in [1.82, 2.24) is 5.32 Å². The Labute approximate surface area is 165 Å². The van der Waals surface area contributed by atoms with Gasteiger partial charge >= 0.3 is 0 Å². The van der Waals surface area contributed by atoms with Crippen molar-refractivity contribution < 1.29 is 4.79 Å². The van der Waals surface area contributed by atoms with Crippen molar-refractivity contribution in [1.29, 1.82) is 0 Å². The van der Waals surface area contributed by atoms with Crippen molar-refractivity contribution in [2.24, 2.45) is 5.73 Å². The molecule has 1 heterocycles. The normalized spacial score (nSPS) is 16.2. The average Bonchev–Trinajstić information content (AvgIpc) is 2.96. The maximum absolute atomic E-state index is 12.0. The van der Waals surface area contributed by atoms with E-state index >= 15 is 0 Å². The van der Waals surface area contributed by atoms with Gasteiger partial charge in [-0.1, -0.05) is 28.8 Å². The lowest BCUT2D eigenvalue weighted by Crippen LogP contribution is -2.36. The fourth-order valence-electron chi connectivity index (χ4n) is 2.85. The van der Waals surface area contributed by atoms with E-state index in [2.05, 4.69) is 50.4 Å². The third-order valence-electron chi connectivity index (χ3n) is 4.10. The zero-order valence-electron chi connectivity index (χ0n) is 13.9. The summed E-state index contributed by atoms with van der Waals surface area (Å²) < 4.78 is 1.09. The van der Waals surface area contributed by atoms with Gasteiger partial charge in [-0.3, -0.25) is 4.79 Å². The quantitative estimate of drug-likeness (QED) is 0.602. The first-order valence-corrected chi connectivity index (χ1v) is 8.98. The minimum Gasteiger partial charge on any atom is -0.369 e. The fourth-order valence-corrected chi connectivity index (χ4v) is 3.11. The lowest BCUT2D eigenvalue weighted by molar-refractivity contribution is -0.121. The number of nitrogens with one attached hydrogen (secondary N) is 1.